The molecule has 0 aliphatic rings. The quantitative estimate of drug-likeness (QED) is 0.866. The van der Waals surface area contributed by atoms with Crippen molar-refractivity contribution < 1.29 is 4.39 Å². The fraction of sp³-hybridized carbons (Fsp3) is 0.333. The van der Waals surface area contributed by atoms with Crippen LogP contribution in [0.5, 0.6) is 0 Å². The summed E-state index contributed by atoms with van der Waals surface area (Å²) in [5.41, 5.74) is 5.02. The smallest absolute Gasteiger partial charge is 0.131 e. The number of rotatable bonds is 4. The molecule has 0 aromatic heterocycles. The van der Waals surface area contributed by atoms with Gasteiger partial charge in [0, 0.05) is 5.56 Å². The average Bonchev–Trinajstić information content (AvgIpc) is 2.43. The Kier molecular flexibility index (Phi) is 4.56. The SMILES string of the molecule is CCNC(c1cccc(C)c1C)c1cccc(C)c1F. The van der Waals surface area contributed by atoms with Gasteiger partial charge in [-0.25, -0.2) is 4.39 Å². The lowest BCUT2D eigenvalue weighted by molar-refractivity contribution is 0.552. The Morgan fingerprint density at radius 1 is 0.950 bits per heavy atom. The van der Waals surface area contributed by atoms with E-state index in [1.807, 2.05) is 38.1 Å². The minimum atomic E-state index is -0.112. The van der Waals surface area contributed by atoms with Crippen molar-refractivity contribution in [3.05, 3.63) is 70.0 Å². The van der Waals surface area contributed by atoms with Crippen molar-refractivity contribution in [1.29, 1.82) is 0 Å². The van der Waals surface area contributed by atoms with E-state index in [4.69, 9.17) is 0 Å². The van der Waals surface area contributed by atoms with Crippen LogP contribution in [-0.2, 0) is 0 Å². The molecule has 2 heteroatoms. The molecule has 1 atom stereocenters. The Labute approximate surface area is 120 Å². The van der Waals surface area contributed by atoms with E-state index in [1.165, 1.54) is 11.1 Å². The van der Waals surface area contributed by atoms with Gasteiger partial charge in [0.1, 0.15) is 5.82 Å². The largest absolute Gasteiger partial charge is 0.306 e. The van der Waals surface area contributed by atoms with Gasteiger partial charge in [-0.3, -0.25) is 0 Å². The lowest BCUT2D eigenvalue weighted by Gasteiger charge is -2.23. The Bertz CT molecular complexity index is 553. The fourth-order valence-corrected chi connectivity index (χ4v) is 2.57. The third-order valence-electron chi connectivity index (χ3n) is 3.90. The molecule has 0 radical (unpaired) electrons. The molecule has 0 saturated heterocycles. The second kappa shape index (κ2) is 6.19. The maximum Gasteiger partial charge on any atom is 0.131 e. The van der Waals surface area contributed by atoms with Gasteiger partial charge in [-0.05, 0) is 49.6 Å². The summed E-state index contributed by atoms with van der Waals surface area (Å²) in [7, 11) is 0. The second-order valence-corrected chi connectivity index (χ2v) is 5.26. The normalized spacial score (nSPS) is 12.4. The highest BCUT2D eigenvalue weighted by Gasteiger charge is 2.19. The highest BCUT2D eigenvalue weighted by atomic mass is 19.1. The molecular weight excluding hydrogens is 249 g/mol. The van der Waals surface area contributed by atoms with E-state index in [-0.39, 0.29) is 11.9 Å². The summed E-state index contributed by atoms with van der Waals surface area (Å²) in [5.74, 6) is -0.112. The summed E-state index contributed by atoms with van der Waals surface area (Å²) in [4.78, 5) is 0. The van der Waals surface area contributed by atoms with Crippen LogP contribution in [0.2, 0.25) is 0 Å². The lowest BCUT2D eigenvalue weighted by atomic mass is 9.91. The fourth-order valence-electron chi connectivity index (χ4n) is 2.57. The van der Waals surface area contributed by atoms with E-state index in [1.54, 1.807) is 0 Å². The molecule has 1 unspecified atom stereocenters. The van der Waals surface area contributed by atoms with Gasteiger partial charge in [0.25, 0.3) is 0 Å². The van der Waals surface area contributed by atoms with E-state index in [0.717, 1.165) is 17.7 Å². The van der Waals surface area contributed by atoms with Crippen LogP contribution in [0.3, 0.4) is 0 Å². The predicted molar refractivity (Wildman–Crippen MR) is 82.6 cm³/mol. The number of hydrogen-bond donors (Lipinski definition) is 1. The maximum atomic E-state index is 14.5. The number of hydrogen-bond acceptors (Lipinski definition) is 1. The summed E-state index contributed by atoms with van der Waals surface area (Å²) in [5, 5.41) is 3.41. The van der Waals surface area contributed by atoms with Crippen LogP contribution in [0.15, 0.2) is 36.4 Å². The first kappa shape index (κ1) is 14.7. The summed E-state index contributed by atoms with van der Waals surface area (Å²) in [6.07, 6.45) is 0. The molecule has 106 valence electrons. The zero-order chi connectivity index (χ0) is 14.7. The highest BCUT2D eigenvalue weighted by molar-refractivity contribution is 5.42. The van der Waals surface area contributed by atoms with Crippen LogP contribution in [0, 0.1) is 26.6 Å². The van der Waals surface area contributed by atoms with Crippen molar-refractivity contribution in [2.75, 3.05) is 6.54 Å². The van der Waals surface area contributed by atoms with Crippen LogP contribution in [0.1, 0.15) is 40.8 Å². The zero-order valence-corrected chi connectivity index (χ0v) is 12.6. The van der Waals surface area contributed by atoms with E-state index >= 15 is 0 Å². The Morgan fingerprint density at radius 2 is 1.55 bits per heavy atom. The van der Waals surface area contributed by atoms with Gasteiger partial charge in [-0.15, -0.1) is 0 Å². The first-order chi connectivity index (χ1) is 9.56. The van der Waals surface area contributed by atoms with Crippen molar-refractivity contribution in [2.24, 2.45) is 0 Å². The second-order valence-electron chi connectivity index (χ2n) is 5.26. The molecule has 0 aliphatic heterocycles. The third kappa shape index (κ3) is 2.75. The highest BCUT2D eigenvalue weighted by Crippen LogP contribution is 2.29. The molecule has 20 heavy (non-hydrogen) atoms. The summed E-state index contributed by atoms with van der Waals surface area (Å²) in [6.45, 7) is 8.85. The van der Waals surface area contributed by atoms with E-state index < -0.39 is 0 Å². The molecule has 0 spiro atoms. The standard InChI is InChI=1S/C18H22FN/c1-5-20-18(15-10-6-8-12(2)14(15)4)16-11-7-9-13(3)17(16)19/h6-11,18,20H,5H2,1-4H3. The minimum absolute atomic E-state index is 0.0974. The van der Waals surface area contributed by atoms with Crippen molar-refractivity contribution in [1.82, 2.24) is 5.32 Å². The Morgan fingerprint density at radius 3 is 2.20 bits per heavy atom. The van der Waals surface area contributed by atoms with Crippen LogP contribution < -0.4 is 5.32 Å². The van der Waals surface area contributed by atoms with Gasteiger partial charge in [-0.2, -0.15) is 0 Å². The van der Waals surface area contributed by atoms with E-state index in [9.17, 15) is 4.39 Å². The van der Waals surface area contributed by atoms with Gasteiger partial charge in [0.15, 0.2) is 0 Å². The lowest BCUT2D eigenvalue weighted by Crippen LogP contribution is -2.24. The molecule has 0 heterocycles. The number of aryl methyl sites for hydroxylation is 2. The van der Waals surface area contributed by atoms with Gasteiger partial charge in [0.2, 0.25) is 0 Å². The molecule has 0 amide bonds. The number of nitrogens with one attached hydrogen (secondary N) is 1. The molecule has 1 N–H and O–H groups in total. The predicted octanol–water partition coefficient (Wildman–Crippen LogP) is 4.45. The molecule has 2 rings (SSSR count). The molecule has 1 nitrogen and oxygen atoms in total. The zero-order valence-electron chi connectivity index (χ0n) is 12.6. The van der Waals surface area contributed by atoms with Crippen LogP contribution in [0.4, 0.5) is 4.39 Å². The van der Waals surface area contributed by atoms with Crippen molar-refractivity contribution in [2.45, 2.75) is 33.7 Å². The molecule has 0 bridgehead atoms. The third-order valence-corrected chi connectivity index (χ3v) is 3.90. The van der Waals surface area contributed by atoms with E-state index in [0.29, 0.717) is 5.56 Å². The van der Waals surface area contributed by atoms with Gasteiger partial charge < -0.3 is 5.32 Å². The van der Waals surface area contributed by atoms with Gasteiger partial charge in [0.05, 0.1) is 6.04 Å². The summed E-state index contributed by atoms with van der Waals surface area (Å²) in [6, 6.07) is 11.7. The van der Waals surface area contributed by atoms with Crippen LogP contribution in [-0.4, -0.2) is 6.54 Å². The van der Waals surface area contributed by atoms with Crippen molar-refractivity contribution in [3.8, 4) is 0 Å². The molecule has 2 aromatic carbocycles. The number of benzene rings is 2. The van der Waals surface area contributed by atoms with Crippen LogP contribution >= 0.6 is 0 Å². The van der Waals surface area contributed by atoms with Crippen molar-refractivity contribution >= 4 is 0 Å². The maximum absolute atomic E-state index is 14.5. The first-order valence-electron chi connectivity index (χ1n) is 7.10. The minimum Gasteiger partial charge on any atom is -0.306 e. The number of halogens is 1. The monoisotopic (exact) mass is 271 g/mol. The summed E-state index contributed by atoms with van der Waals surface area (Å²) < 4.78 is 14.5. The topological polar surface area (TPSA) is 12.0 Å². The summed E-state index contributed by atoms with van der Waals surface area (Å²) >= 11 is 0. The molecule has 0 fully saturated rings. The van der Waals surface area contributed by atoms with Crippen LogP contribution in [0.25, 0.3) is 0 Å². The first-order valence-corrected chi connectivity index (χ1v) is 7.10. The van der Waals surface area contributed by atoms with Gasteiger partial charge in [-0.1, -0.05) is 43.3 Å². The van der Waals surface area contributed by atoms with Crippen molar-refractivity contribution in [3.63, 3.8) is 0 Å². The molecule has 2 aromatic rings. The Balaban J connectivity index is 2.56. The Hall–Kier alpha value is -1.67. The average molecular weight is 271 g/mol. The van der Waals surface area contributed by atoms with E-state index in [2.05, 4.69) is 31.3 Å². The molecule has 0 aliphatic carbocycles. The van der Waals surface area contributed by atoms with Gasteiger partial charge >= 0.3 is 0 Å². The molecular formula is C18H22FN. The molecule has 0 saturated carbocycles.